The number of nitrogens with zero attached hydrogens (tertiary/aromatic N) is 2. The number of sulfonamides is 1. The first-order chi connectivity index (χ1) is 22.2. The third-order valence-corrected chi connectivity index (χ3v) is 9.33. The minimum Gasteiger partial charge on any atom is -0.493 e. The number of benzene rings is 4. The number of hydrogen-bond acceptors (Lipinski definition) is 6. The van der Waals surface area contributed by atoms with Crippen molar-refractivity contribution in [1.29, 1.82) is 0 Å². The van der Waals surface area contributed by atoms with E-state index in [1.165, 1.54) is 37.3 Å². The van der Waals surface area contributed by atoms with E-state index in [0.29, 0.717) is 18.0 Å². The molecule has 0 saturated heterocycles. The molecule has 0 radical (unpaired) electrons. The van der Waals surface area contributed by atoms with E-state index in [1.54, 1.807) is 24.3 Å². The van der Waals surface area contributed by atoms with Gasteiger partial charge in [0, 0.05) is 25.6 Å². The molecule has 1 atom stereocenters. The van der Waals surface area contributed by atoms with Gasteiger partial charge in [-0.05, 0) is 48.7 Å². The average Bonchev–Trinajstić information content (AvgIpc) is 3.08. The maximum Gasteiger partial charge on any atom is 0.264 e. The molecule has 1 N–H and O–H groups in total. The molecule has 4 aromatic rings. The Morgan fingerprint density at radius 2 is 1.41 bits per heavy atom. The van der Waals surface area contributed by atoms with Crippen molar-refractivity contribution in [3.05, 3.63) is 120 Å². The lowest BCUT2D eigenvalue weighted by atomic mass is 10.0. The van der Waals surface area contributed by atoms with Crippen LogP contribution in [0.5, 0.6) is 11.5 Å². The molecule has 4 rings (SSSR count). The Morgan fingerprint density at radius 1 is 0.804 bits per heavy atom. The minimum atomic E-state index is -4.30. The first kappa shape index (κ1) is 34.1. The predicted molar refractivity (Wildman–Crippen MR) is 179 cm³/mol. The first-order valence-corrected chi connectivity index (χ1v) is 16.6. The van der Waals surface area contributed by atoms with Crippen LogP contribution >= 0.6 is 0 Å². The van der Waals surface area contributed by atoms with Crippen molar-refractivity contribution in [2.75, 3.05) is 31.6 Å². The van der Waals surface area contributed by atoms with Crippen LogP contribution < -0.4 is 19.1 Å². The molecule has 1 unspecified atom stereocenters. The summed E-state index contributed by atoms with van der Waals surface area (Å²) in [5, 5.41) is 2.95. The Labute approximate surface area is 271 Å². The molecule has 0 fully saturated rings. The van der Waals surface area contributed by atoms with Crippen molar-refractivity contribution in [3.63, 3.8) is 0 Å². The summed E-state index contributed by atoms with van der Waals surface area (Å²) in [5.41, 5.74) is 2.92. The molecule has 2 amide bonds. The molecular weight excluding hydrogens is 602 g/mol. The molecule has 0 spiro atoms. The van der Waals surface area contributed by atoms with E-state index in [2.05, 4.69) is 5.32 Å². The molecule has 4 aromatic carbocycles. The minimum absolute atomic E-state index is 0.0744. The van der Waals surface area contributed by atoms with E-state index in [0.717, 1.165) is 27.4 Å². The van der Waals surface area contributed by atoms with Gasteiger partial charge < -0.3 is 19.7 Å². The first-order valence-electron chi connectivity index (χ1n) is 15.1. The Bertz CT molecular complexity index is 1700. The summed E-state index contributed by atoms with van der Waals surface area (Å²) in [6.45, 7) is 3.86. The summed E-state index contributed by atoms with van der Waals surface area (Å²) in [6.07, 6.45) is 0.975. The second kappa shape index (κ2) is 15.9. The zero-order valence-electron chi connectivity index (χ0n) is 26.7. The summed E-state index contributed by atoms with van der Waals surface area (Å²) in [4.78, 5) is 29.6. The molecule has 0 saturated carbocycles. The highest BCUT2D eigenvalue weighted by Crippen LogP contribution is 2.32. The maximum atomic E-state index is 14.5. The Balaban J connectivity index is 1.80. The highest BCUT2D eigenvalue weighted by Gasteiger charge is 2.35. The molecule has 0 aliphatic rings. The van der Waals surface area contributed by atoms with Gasteiger partial charge in [-0.25, -0.2) is 8.42 Å². The number of rotatable bonds is 15. The molecule has 10 heteroatoms. The standard InChI is InChI=1S/C36H41N3O6S/c1-5-22-37-36(41)32(23-28-12-8-6-9-13-28)38(25-29-14-10-7-11-15-29)35(40)26-39(30-18-16-27(2)17-19-30)46(42,43)31-20-21-33(44-3)34(24-31)45-4/h6-21,24,32H,5,22-23,25-26H2,1-4H3,(H,37,41). The van der Waals surface area contributed by atoms with Gasteiger partial charge in [-0.2, -0.15) is 0 Å². The van der Waals surface area contributed by atoms with Crippen LogP contribution in [0.4, 0.5) is 5.69 Å². The van der Waals surface area contributed by atoms with Crippen LogP contribution in [0.2, 0.25) is 0 Å². The van der Waals surface area contributed by atoms with Crippen LogP contribution in [0, 0.1) is 6.92 Å². The van der Waals surface area contributed by atoms with Gasteiger partial charge in [-0.1, -0.05) is 85.3 Å². The lowest BCUT2D eigenvalue weighted by molar-refractivity contribution is -0.140. The van der Waals surface area contributed by atoms with Crippen molar-refractivity contribution in [3.8, 4) is 11.5 Å². The molecule has 0 bridgehead atoms. The van der Waals surface area contributed by atoms with Crippen molar-refractivity contribution in [1.82, 2.24) is 10.2 Å². The third kappa shape index (κ3) is 8.45. The van der Waals surface area contributed by atoms with Crippen LogP contribution in [-0.2, 0) is 32.6 Å². The fourth-order valence-electron chi connectivity index (χ4n) is 5.04. The van der Waals surface area contributed by atoms with Gasteiger partial charge in [0.2, 0.25) is 11.8 Å². The topological polar surface area (TPSA) is 105 Å². The summed E-state index contributed by atoms with van der Waals surface area (Å²) in [6, 6.07) is 29.1. The fourth-order valence-corrected chi connectivity index (χ4v) is 6.47. The highest BCUT2D eigenvalue weighted by molar-refractivity contribution is 7.92. The van der Waals surface area contributed by atoms with Crippen molar-refractivity contribution in [2.45, 2.75) is 44.2 Å². The SMILES string of the molecule is CCCNC(=O)C(Cc1ccccc1)N(Cc1ccccc1)C(=O)CN(c1ccc(C)cc1)S(=O)(=O)c1ccc(OC)c(OC)c1. The molecule has 0 heterocycles. The number of carbonyl (C=O) groups excluding carboxylic acids is 2. The number of methoxy groups -OCH3 is 2. The average molecular weight is 644 g/mol. The molecule has 9 nitrogen and oxygen atoms in total. The van der Waals surface area contributed by atoms with Crippen LogP contribution in [0.25, 0.3) is 0 Å². The van der Waals surface area contributed by atoms with E-state index >= 15 is 0 Å². The number of carbonyl (C=O) groups is 2. The zero-order valence-corrected chi connectivity index (χ0v) is 27.5. The molecule has 0 aliphatic heterocycles. The van der Waals surface area contributed by atoms with Gasteiger partial charge in [-0.3, -0.25) is 13.9 Å². The Hall–Kier alpha value is -4.83. The van der Waals surface area contributed by atoms with E-state index < -0.39 is 28.5 Å². The van der Waals surface area contributed by atoms with Gasteiger partial charge in [0.15, 0.2) is 11.5 Å². The zero-order chi connectivity index (χ0) is 33.1. The normalized spacial score (nSPS) is 11.7. The fraction of sp³-hybridized carbons (Fsp3) is 0.278. The number of anilines is 1. The van der Waals surface area contributed by atoms with Crippen molar-refractivity contribution in [2.24, 2.45) is 0 Å². The molecule has 242 valence electrons. The van der Waals surface area contributed by atoms with E-state index in [9.17, 15) is 18.0 Å². The third-order valence-electron chi connectivity index (χ3n) is 7.56. The number of ether oxygens (including phenoxy) is 2. The monoisotopic (exact) mass is 643 g/mol. The van der Waals surface area contributed by atoms with E-state index in [4.69, 9.17) is 9.47 Å². The molecule has 0 aromatic heterocycles. The van der Waals surface area contributed by atoms with Crippen LogP contribution in [0.3, 0.4) is 0 Å². The van der Waals surface area contributed by atoms with Gasteiger partial charge in [-0.15, -0.1) is 0 Å². The quantitative estimate of drug-likeness (QED) is 0.187. The van der Waals surface area contributed by atoms with E-state index in [1.807, 2.05) is 74.5 Å². The van der Waals surface area contributed by atoms with Crippen LogP contribution in [0.15, 0.2) is 108 Å². The van der Waals surface area contributed by atoms with Gasteiger partial charge in [0.05, 0.1) is 24.8 Å². The summed E-state index contributed by atoms with van der Waals surface area (Å²) in [7, 11) is -1.41. The largest absolute Gasteiger partial charge is 0.493 e. The van der Waals surface area contributed by atoms with Gasteiger partial charge in [0.25, 0.3) is 10.0 Å². The maximum absolute atomic E-state index is 14.5. The number of amides is 2. The highest BCUT2D eigenvalue weighted by atomic mass is 32.2. The number of nitrogens with one attached hydrogen (secondary N) is 1. The molecule has 0 aliphatic carbocycles. The second-order valence-electron chi connectivity index (χ2n) is 10.9. The van der Waals surface area contributed by atoms with Gasteiger partial charge >= 0.3 is 0 Å². The van der Waals surface area contributed by atoms with E-state index in [-0.39, 0.29) is 29.5 Å². The summed E-state index contributed by atoms with van der Waals surface area (Å²) in [5.74, 6) is -0.226. The molecular formula is C36H41N3O6S. The second-order valence-corrected chi connectivity index (χ2v) is 12.7. The van der Waals surface area contributed by atoms with Crippen LogP contribution in [-0.4, -0.2) is 58.5 Å². The lowest BCUT2D eigenvalue weighted by Crippen LogP contribution is -2.53. The number of hydrogen-bond donors (Lipinski definition) is 1. The predicted octanol–water partition coefficient (Wildman–Crippen LogP) is 5.37. The van der Waals surface area contributed by atoms with Gasteiger partial charge in [0.1, 0.15) is 12.6 Å². The summed E-state index contributed by atoms with van der Waals surface area (Å²) < 4.78 is 40.4. The summed E-state index contributed by atoms with van der Waals surface area (Å²) >= 11 is 0. The number of aryl methyl sites for hydroxylation is 1. The lowest BCUT2D eigenvalue weighted by Gasteiger charge is -2.34. The molecule has 46 heavy (non-hydrogen) atoms. The van der Waals surface area contributed by atoms with Crippen molar-refractivity contribution < 1.29 is 27.5 Å². The van der Waals surface area contributed by atoms with Crippen molar-refractivity contribution >= 4 is 27.5 Å². The van der Waals surface area contributed by atoms with Crippen LogP contribution in [0.1, 0.15) is 30.0 Å². The Kier molecular flexibility index (Phi) is 11.8. The Morgan fingerprint density at radius 3 is 2.00 bits per heavy atom. The smallest absolute Gasteiger partial charge is 0.264 e.